The maximum atomic E-state index is 9.50. The number of hydrogen-bond donors (Lipinski definition) is 1. The van der Waals surface area contributed by atoms with Gasteiger partial charge in [-0.3, -0.25) is 0 Å². The molecule has 0 amide bonds. The van der Waals surface area contributed by atoms with Gasteiger partial charge in [-0.25, -0.2) is 0 Å². The fourth-order valence-electron chi connectivity index (χ4n) is 4.31. The molecular formula is C21H16O. The van der Waals surface area contributed by atoms with Crippen LogP contribution in [0, 0.1) is 0 Å². The molecule has 1 heteroatoms. The van der Waals surface area contributed by atoms with Crippen LogP contribution < -0.4 is 0 Å². The van der Waals surface area contributed by atoms with Gasteiger partial charge in [0.1, 0.15) is 0 Å². The van der Waals surface area contributed by atoms with Crippen molar-refractivity contribution < 1.29 is 5.11 Å². The van der Waals surface area contributed by atoms with Crippen LogP contribution in [0.15, 0.2) is 66.7 Å². The molecule has 0 aromatic heterocycles. The van der Waals surface area contributed by atoms with Crippen molar-refractivity contribution in [3.8, 4) is 0 Å². The molecule has 2 bridgehead atoms. The van der Waals surface area contributed by atoms with Crippen LogP contribution in [-0.2, 0) is 6.61 Å². The zero-order valence-corrected chi connectivity index (χ0v) is 12.2. The van der Waals surface area contributed by atoms with E-state index in [1.807, 2.05) is 0 Å². The molecule has 106 valence electrons. The molecule has 3 aliphatic carbocycles. The minimum absolute atomic E-state index is 0.105. The maximum absolute atomic E-state index is 9.50. The van der Waals surface area contributed by atoms with Gasteiger partial charge in [0, 0.05) is 11.8 Å². The van der Waals surface area contributed by atoms with Gasteiger partial charge in [0.2, 0.25) is 0 Å². The van der Waals surface area contributed by atoms with E-state index in [9.17, 15) is 5.11 Å². The second kappa shape index (κ2) is 4.31. The van der Waals surface area contributed by atoms with Crippen LogP contribution in [0.5, 0.6) is 0 Å². The van der Waals surface area contributed by atoms with Crippen LogP contribution in [0.3, 0.4) is 0 Å². The second-order valence-corrected chi connectivity index (χ2v) is 6.25. The molecule has 3 aromatic rings. The quantitative estimate of drug-likeness (QED) is 0.490. The number of aliphatic hydroxyl groups is 1. The lowest BCUT2D eigenvalue weighted by molar-refractivity contribution is 0.281. The maximum Gasteiger partial charge on any atom is 0.0681 e. The van der Waals surface area contributed by atoms with Crippen molar-refractivity contribution in [3.05, 3.63) is 106 Å². The first-order chi connectivity index (χ1) is 10.9. The third kappa shape index (κ3) is 1.42. The standard InChI is InChI=1S/C21H16O/c22-12-13-9-10-18-19(11-13)21-16-7-3-1-5-14(16)20(18)15-6-2-4-8-17(15)21/h1-11,20-22H,12H2. The Labute approximate surface area is 129 Å². The molecule has 0 fully saturated rings. The van der Waals surface area contributed by atoms with Gasteiger partial charge in [0.15, 0.2) is 0 Å². The summed E-state index contributed by atoms with van der Waals surface area (Å²) in [6.07, 6.45) is 0. The highest BCUT2D eigenvalue weighted by Gasteiger charge is 2.40. The van der Waals surface area contributed by atoms with E-state index in [0.29, 0.717) is 11.8 Å². The highest BCUT2D eigenvalue weighted by Crippen LogP contribution is 2.55. The lowest BCUT2D eigenvalue weighted by Crippen LogP contribution is -2.27. The Bertz CT molecular complexity index is 846. The summed E-state index contributed by atoms with van der Waals surface area (Å²) in [7, 11) is 0. The van der Waals surface area contributed by atoms with Crippen LogP contribution in [0.1, 0.15) is 50.8 Å². The average molecular weight is 284 g/mol. The van der Waals surface area contributed by atoms with Gasteiger partial charge in [-0.2, -0.15) is 0 Å². The molecule has 0 spiro atoms. The molecule has 1 N–H and O–H groups in total. The Morgan fingerprint density at radius 3 is 1.55 bits per heavy atom. The van der Waals surface area contributed by atoms with E-state index in [2.05, 4.69) is 66.7 Å². The van der Waals surface area contributed by atoms with Crippen molar-refractivity contribution >= 4 is 0 Å². The van der Waals surface area contributed by atoms with Crippen LogP contribution in [-0.4, -0.2) is 5.11 Å². The van der Waals surface area contributed by atoms with E-state index in [1.165, 1.54) is 33.4 Å². The Hall–Kier alpha value is -2.38. The van der Waals surface area contributed by atoms with E-state index in [1.54, 1.807) is 0 Å². The van der Waals surface area contributed by atoms with Crippen molar-refractivity contribution in [2.75, 3.05) is 0 Å². The summed E-state index contributed by atoms with van der Waals surface area (Å²) in [5, 5.41) is 9.50. The third-order valence-corrected chi connectivity index (χ3v) is 5.19. The first-order valence-electron chi connectivity index (χ1n) is 7.79. The zero-order valence-electron chi connectivity index (χ0n) is 12.2. The Morgan fingerprint density at radius 2 is 1.05 bits per heavy atom. The minimum atomic E-state index is 0.105. The summed E-state index contributed by atoms with van der Waals surface area (Å²) in [4.78, 5) is 0. The van der Waals surface area contributed by atoms with Crippen molar-refractivity contribution in [2.45, 2.75) is 18.4 Å². The van der Waals surface area contributed by atoms with Gasteiger partial charge in [-0.15, -0.1) is 0 Å². The smallest absolute Gasteiger partial charge is 0.0681 e. The molecule has 6 rings (SSSR count). The summed E-state index contributed by atoms with van der Waals surface area (Å²) in [6, 6.07) is 24.1. The predicted octanol–water partition coefficient (Wildman–Crippen LogP) is 4.17. The molecule has 22 heavy (non-hydrogen) atoms. The molecule has 0 radical (unpaired) electrons. The predicted molar refractivity (Wildman–Crippen MR) is 87.1 cm³/mol. The van der Waals surface area contributed by atoms with Gasteiger partial charge in [0.05, 0.1) is 6.61 Å². The summed E-state index contributed by atoms with van der Waals surface area (Å²) in [6.45, 7) is 0.105. The largest absolute Gasteiger partial charge is 0.392 e. The first kappa shape index (κ1) is 12.2. The second-order valence-electron chi connectivity index (χ2n) is 6.25. The van der Waals surface area contributed by atoms with Crippen molar-refractivity contribution in [3.63, 3.8) is 0 Å². The normalized spacial score (nSPS) is 20.2. The molecule has 0 saturated heterocycles. The molecule has 1 nitrogen and oxygen atoms in total. The van der Waals surface area contributed by atoms with Crippen molar-refractivity contribution in [1.82, 2.24) is 0 Å². The lowest BCUT2D eigenvalue weighted by Gasteiger charge is -2.42. The summed E-state index contributed by atoms with van der Waals surface area (Å²) < 4.78 is 0. The number of rotatable bonds is 1. The van der Waals surface area contributed by atoms with E-state index in [4.69, 9.17) is 0 Å². The monoisotopic (exact) mass is 284 g/mol. The molecule has 0 saturated carbocycles. The molecule has 0 aliphatic heterocycles. The topological polar surface area (TPSA) is 20.2 Å². The molecule has 0 unspecified atom stereocenters. The number of aliphatic hydroxyl groups excluding tert-OH is 1. The number of benzene rings is 3. The van der Waals surface area contributed by atoms with Gasteiger partial charge in [0.25, 0.3) is 0 Å². The first-order valence-corrected chi connectivity index (χ1v) is 7.79. The minimum Gasteiger partial charge on any atom is -0.392 e. The Kier molecular flexibility index (Phi) is 2.39. The van der Waals surface area contributed by atoms with Crippen LogP contribution in [0.4, 0.5) is 0 Å². The van der Waals surface area contributed by atoms with E-state index in [0.717, 1.165) is 5.56 Å². The molecule has 3 aliphatic rings. The number of hydrogen-bond acceptors (Lipinski definition) is 1. The fraction of sp³-hybridized carbons (Fsp3) is 0.143. The highest BCUT2D eigenvalue weighted by molar-refractivity contribution is 5.68. The van der Waals surface area contributed by atoms with E-state index < -0.39 is 0 Å². The average Bonchev–Trinajstić information content (AvgIpc) is 2.60. The van der Waals surface area contributed by atoms with Gasteiger partial charge in [-0.05, 0) is 38.9 Å². The summed E-state index contributed by atoms with van der Waals surface area (Å²) in [5.74, 6) is 0.638. The van der Waals surface area contributed by atoms with E-state index in [-0.39, 0.29) is 6.61 Å². The van der Waals surface area contributed by atoms with Gasteiger partial charge >= 0.3 is 0 Å². The molecule has 0 heterocycles. The molecular weight excluding hydrogens is 268 g/mol. The van der Waals surface area contributed by atoms with Crippen LogP contribution in [0.2, 0.25) is 0 Å². The van der Waals surface area contributed by atoms with E-state index >= 15 is 0 Å². The molecule has 0 atom stereocenters. The van der Waals surface area contributed by atoms with Gasteiger partial charge < -0.3 is 5.11 Å². The van der Waals surface area contributed by atoms with Crippen LogP contribution >= 0.6 is 0 Å². The summed E-state index contributed by atoms with van der Waals surface area (Å²) in [5.41, 5.74) is 9.50. The Morgan fingerprint density at radius 1 is 0.591 bits per heavy atom. The fourth-order valence-corrected chi connectivity index (χ4v) is 4.31. The lowest BCUT2D eigenvalue weighted by atomic mass is 9.61. The molecule has 3 aromatic carbocycles. The Balaban J connectivity index is 1.87. The summed E-state index contributed by atoms with van der Waals surface area (Å²) >= 11 is 0. The van der Waals surface area contributed by atoms with Crippen LogP contribution in [0.25, 0.3) is 0 Å². The van der Waals surface area contributed by atoms with Gasteiger partial charge in [-0.1, -0.05) is 66.7 Å². The zero-order chi connectivity index (χ0) is 14.7. The SMILES string of the molecule is OCc1ccc2c(c1)C1c3ccccc3C2c2ccccc21. The van der Waals surface area contributed by atoms with Crippen molar-refractivity contribution in [2.24, 2.45) is 0 Å². The van der Waals surface area contributed by atoms with Crippen molar-refractivity contribution in [1.29, 1.82) is 0 Å². The highest BCUT2D eigenvalue weighted by atomic mass is 16.3. The third-order valence-electron chi connectivity index (χ3n) is 5.19.